The molecular formula is C18H18N2O4. The van der Waals surface area contributed by atoms with Crippen LogP contribution < -0.4 is 10.6 Å². The lowest BCUT2D eigenvalue weighted by Crippen LogP contribution is -2.35. The minimum Gasteiger partial charge on any atom is -0.465 e. The smallest absolute Gasteiger partial charge is 0.268 e. The van der Waals surface area contributed by atoms with Crippen LogP contribution in [0.4, 0.5) is 0 Å². The van der Waals surface area contributed by atoms with Gasteiger partial charge in [0.25, 0.3) is 5.91 Å². The quantitative estimate of drug-likeness (QED) is 0.673. The number of hydrogen-bond acceptors (Lipinski definition) is 4. The summed E-state index contributed by atoms with van der Waals surface area (Å²) in [5.74, 6) is -0.533. The molecule has 6 heteroatoms. The largest absolute Gasteiger partial charge is 0.465 e. The van der Waals surface area contributed by atoms with Crippen molar-refractivity contribution in [2.45, 2.75) is 0 Å². The number of nitrogens with one attached hydrogen (secondary N) is 2. The van der Waals surface area contributed by atoms with Gasteiger partial charge in [-0.25, -0.2) is 0 Å². The summed E-state index contributed by atoms with van der Waals surface area (Å²) in [5, 5.41) is 13.8. The topological polar surface area (TPSA) is 91.6 Å². The molecule has 3 N–H and O–H groups in total. The van der Waals surface area contributed by atoms with Crippen molar-refractivity contribution < 1.29 is 19.1 Å². The van der Waals surface area contributed by atoms with Crippen molar-refractivity contribution in [2.24, 2.45) is 0 Å². The second-order valence-corrected chi connectivity index (χ2v) is 4.79. The standard InChI is InChI=1S/C18H18N2O4/c21-11-10-19-18(23)16(13-15-7-4-12-24-15)20-17(22)9-8-14-5-2-1-3-6-14/h1-9,12-13,21H,10-11H2,(H,19,23)(H,20,22). The summed E-state index contributed by atoms with van der Waals surface area (Å²) in [4.78, 5) is 24.1. The number of furan rings is 1. The van der Waals surface area contributed by atoms with E-state index in [4.69, 9.17) is 9.52 Å². The molecule has 0 atom stereocenters. The maximum absolute atomic E-state index is 12.1. The Labute approximate surface area is 139 Å². The first-order valence-corrected chi connectivity index (χ1v) is 7.37. The fourth-order valence-corrected chi connectivity index (χ4v) is 1.85. The van der Waals surface area contributed by atoms with Crippen molar-refractivity contribution in [2.75, 3.05) is 13.2 Å². The molecule has 1 aromatic heterocycles. The van der Waals surface area contributed by atoms with Crippen molar-refractivity contribution >= 4 is 24.0 Å². The van der Waals surface area contributed by atoms with Gasteiger partial charge in [-0.05, 0) is 23.8 Å². The number of carbonyl (C=O) groups is 2. The molecule has 0 radical (unpaired) electrons. The van der Waals surface area contributed by atoms with E-state index in [0.717, 1.165) is 5.56 Å². The zero-order chi connectivity index (χ0) is 17.2. The molecule has 0 saturated carbocycles. The number of amides is 2. The van der Waals surface area contributed by atoms with E-state index in [-0.39, 0.29) is 18.8 Å². The van der Waals surface area contributed by atoms with Crippen LogP contribution in [0, 0.1) is 0 Å². The second kappa shape index (κ2) is 9.12. The average Bonchev–Trinajstić information content (AvgIpc) is 3.11. The van der Waals surface area contributed by atoms with E-state index >= 15 is 0 Å². The summed E-state index contributed by atoms with van der Waals surface area (Å²) >= 11 is 0. The molecule has 0 aliphatic rings. The molecule has 1 aromatic carbocycles. The van der Waals surface area contributed by atoms with Gasteiger partial charge in [0, 0.05) is 18.7 Å². The van der Waals surface area contributed by atoms with Crippen molar-refractivity contribution in [3.05, 3.63) is 71.8 Å². The van der Waals surface area contributed by atoms with E-state index in [2.05, 4.69) is 10.6 Å². The number of carbonyl (C=O) groups excluding carboxylic acids is 2. The molecule has 2 rings (SSSR count). The van der Waals surface area contributed by atoms with Crippen LogP contribution in [0.1, 0.15) is 11.3 Å². The summed E-state index contributed by atoms with van der Waals surface area (Å²) in [6, 6.07) is 12.7. The van der Waals surface area contributed by atoms with Crippen LogP contribution in [0.2, 0.25) is 0 Å². The summed E-state index contributed by atoms with van der Waals surface area (Å²) in [6.07, 6.45) is 5.86. The van der Waals surface area contributed by atoms with Crippen LogP contribution in [0.25, 0.3) is 12.2 Å². The number of benzene rings is 1. The average molecular weight is 326 g/mol. The molecule has 1 heterocycles. The highest BCUT2D eigenvalue weighted by Gasteiger charge is 2.12. The Balaban J connectivity index is 2.08. The van der Waals surface area contributed by atoms with Crippen molar-refractivity contribution in [3.63, 3.8) is 0 Å². The molecule has 6 nitrogen and oxygen atoms in total. The van der Waals surface area contributed by atoms with Crippen molar-refractivity contribution in [3.8, 4) is 0 Å². The van der Waals surface area contributed by atoms with Crippen molar-refractivity contribution in [1.82, 2.24) is 10.6 Å². The third kappa shape index (κ3) is 5.58. The minimum atomic E-state index is -0.512. The lowest BCUT2D eigenvalue weighted by molar-refractivity contribution is -0.121. The third-order valence-electron chi connectivity index (χ3n) is 2.96. The first-order valence-electron chi connectivity index (χ1n) is 7.37. The molecule has 0 aliphatic carbocycles. The molecular weight excluding hydrogens is 308 g/mol. The molecule has 2 aromatic rings. The van der Waals surface area contributed by atoms with Crippen LogP contribution in [0.15, 0.2) is 64.9 Å². The predicted octanol–water partition coefficient (Wildman–Crippen LogP) is 1.56. The number of rotatable bonds is 7. The number of aliphatic hydroxyl groups is 1. The molecule has 24 heavy (non-hydrogen) atoms. The van der Waals surface area contributed by atoms with E-state index in [0.29, 0.717) is 5.76 Å². The normalized spacial score (nSPS) is 11.5. The van der Waals surface area contributed by atoms with Gasteiger partial charge < -0.3 is 20.2 Å². The van der Waals surface area contributed by atoms with E-state index < -0.39 is 11.8 Å². The van der Waals surface area contributed by atoms with Gasteiger partial charge in [-0.1, -0.05) is 30.3 Å². The molecule has 124 valence electrons. The van der Waals surface area contributed by atoms with Gasteiger partial charge in [-0.3, -0.25) is 9.59 Å². The first kappa shape index (κ1) is 17.2. The molecule has 0 aliphatic heterocycles. The molecule has 2 amide bonds. The zero-order valence-electron chi connectivity index (χ0n) is 12.9. The van der Waals surface area contributed by atoms with Crippen LogP contribution >= 0.6 is 0 Å². The van der Waals surface area contributed by atoms with Crippen LogP contribution in [-0.4, -0.2) is 30.1 Å². The van der Waals surface area contributed by atoms with E-state index in [1.54, 1.807) is 18.2 Å². The van der Waals surface area contributed by atoms with Crippen molar-refractivity contribution in [1.29, 1.82) is 0 Å². The van der Waals surface area contributed by atoms with Gasteiger partial charge in [0.05, 0.1) is 12.9 Å². The first-order chi connectivity index (χ1) is 11.7. The van der Waals surface area contributed by atoms with Gasteiger partial charge in [-0.15, -0.1) is 0 Å². The third-order valence-corrected chi connectivity index (χ3v) is 2.96. The molecule has 0 saturated heterocycles. The predicted molar refractivity (Wildman–Crippen MR) is 90.4 cm³/mol. The fraction of sp³-hybridized carbons (Fsp3) is 0.111. The monoisotopic (exact) mass is 326 g/mol. The van der Waals surface area contributed by atoms with Crippen LogP contribution in [0.3, 0.4) is 0 Å². The van der Waals surface area contributed by atoms with E-state index in [1.165, 1.54) is 18.4 Å². The Hall–Kier alpha value is -3.12. The van der Waals surface area contributed by atoms with Crippen LogP contribution in [-0.2, 0) is 9.59 Å². The molecule has 0 bridgehead atoms. The van der Waals surface area contributed by atoms with Gasteiger partial charge in [0.1, 0.15) is 11.5 Å². The van der Waals surface area contributed by atoms with Crippen LogP contribution in [0.5, 0.6) is 0 Å². The zero-order valence-corrected chi connectivity index (χ0v) is 12.9. The summed E-state index contributed by atoms with van der Waals surface area (Å²) in [5.41, 5.74) is 0.898. The Bertz CT molecular complexity index is 719. The highest BCUT2D eigenvalue weighted by atomic mass is 16.3. The fourth-order valence-electron chi connectivity index (χ4n) is 1.85. The lowest BCUT2D eigenvalue weighted by Gasteiger charge is -2.08. The van der Waals surface area contributed by atoms with E-state index in [9.17, 15) is 9.59 Å². The maximum Gasteiger partial charge on any atom is 0.268 e. The number of hydrogen-bond donors (Lipinski definition) is 3. The van der Waals surface area contributed by atoms with E-state index in [1.807, 2.05) is 30.3 Å². The molecule has 0 fully saturated rings. The highest BCUT2D eigenvalue weighted by molar-refractivity contribution is 6.04. The Morgan fingerprint density at radius 2 is 1.92 bits per heavy atom. The molecule has 0 spiro atoms. The SMILES string of the molecule is O=C(C=Cc1ccccc1)NC(=Cc1ccco1)C(=O)NCCO. The van der Waals surface area contributed by atoms with Gasteiger partial charge >= 0.3 is 0 Å². The Morgan fingerprint density at radius 3 is 2.58 bits per heavy atom. The summed E-state index contributed by atoms with van der Waals surface area (Å²) < 4.78 is 5.15. The van der Waals surface area contributed by atoms with Gasteiger partial charge in [-0.2, -0.15) is 0 Å². The summed E-state index contributed by atoms with van der Waals surface area (Å²) in [6.45, 7) is -0.105. The highest BCUT2D eigenvalue weighted by Crippen LogP contribution is 2.06. The Morgan fingerprint density at radius 1 is 1.12 bits per heavy atom. The maximum atomic E-state index is 12.1. The lowest BCUT2D eigenvalue weighted by atomic mass is 10.2. The van der Waals surface area contributed by atoms with Gasteiger partial charge in [0.15, 0.2) is 0 Å². The molecule has 0 unspecified atom stereocenters. The summed E-state index contributed by atoms with van der Waals surface area (Å²) in [7, 11) is 0. The minimum absolute atomic E-state index is 0.0288. The second-order valence-electron chi connectivity index (χ2n) is 4.79. The Kier molecular flexibility index (Phi) is 6.55. The van der Waals surface area contributed by atoms with Gasteiger partial charge in [0.2, 0.25) is 5.91 Å². The number of aliphatic hydroxyl groups excluding tert-OH is 1.